The molecule has 2 N–H and O–H groups in total. The molecule has 0 fully saturated rings. The third-order valence-electron chi connectivity index (χ3n) is 3.26. The molecule has 0 amide bonds. The normalized spacial score (nSPS) is 11.0. The van der Waals surface area contributed by atoms with Crippen LogP contribution in [-0.4, -0.2) is 9.55 Å². The molecule has 0 aliphatic heterocycles. The van der Waals surface area contributed by atoms with Gasteiger partial charge in [-0.3, -0.25) is 0 Å². The fraction of sp³-hybridized carbons (Fsp3) is 0.133. The van der Waals surface area contributed by atoms with Gasteiger partial charge in [0.25, 0.3) is 0 Å². The van der Waals surface area contributed by atoms with Crippen molar-refractivity contribution in [2.75, 3.05) is 5.73 Å². The molecule has 0 atom stereocenters. The number of nitrogens with zero attached hydrogens (tertiary/aromatic N) is 2. The van der Waals surface area contributed by atoms with Crippen LogP contribution in [0.5, 0.6) is 0 Å². The molecular formula is C15H15N3. The van der Waals surface area contributed by atoms with Gasteiger partial charge in [-0.05, 0) is 30.7 Å². The number of imidazole rings is 1. The highest BCUT2D eigenvalue weighted by atomic mass is 15.1. The molecule has 90 valence electrons. The average molecular weight is 237 g/mol. The third-order valence-corrected chi connectivity index (χ3v) is 3.26. The van der Waals surface area contributed by atoms with Gasteiger partial charge in [0.05, 0.1) is 11.0 Å². The molecule has 3 nitrogen and oxygen atoms in total. The third kappa shape index (κ3) is 1.56. The molecule has 1 aromatic heterocycles. The van der Waals surface area contributed by atoms with E-state index in [2.05, 4.69) is 29.7 Å². The topological polar surface area (TPSA) is 43.8 Å². The number of para-hydroxylation sites is 1. The lowest BCUT2D eigenvalue weighted by atomic mass is 10.2. The van der Waals surface area contributed by atoms with Crippen molar-refractivity contribution in [3.05, 3.63) is 48.0 Å². The zero-order chi connectivity index (χ0) is 12.7. The van der Waals surface area contributed by atoms with Crippen LogP contribution >= 0.6 is 0 Å². The highest BCUT2D eigenvalue weighted by molar-refractivity contribution is 5.83. The number of aromatic nitrogens is 2. The first-order valence-electron chi connectivity index (χ1n) is 5.95. The van der Waals surface area contributed by atoms with E-state index in [1.54, 1.807) is 0 Å². The Bertz CT molecular complexity index is 726. The Hall–Kier alpha value is -2.29. The van der Waals surface area contributed by atoms with Gasteiger partial charge in [0.1, 0.15) is 5.82 Å². The summed E-state index contributed by atoms with van der Waals surface area (Å²) in [7, 11) is 2.04. The average Bonchev–Trinajstić information content (AvgIpc) is 2.69. The predicted octanol–water partition coefficient (Wildman–Crippen LogP) is 3.13. The second-order valence-electron chi connectivity index (χ2n) is 4.56. The van der Waals surface area contributed by atoms with Gasteiger partial charge in [0.15, 0.2) is 0 Å². The Kier molecular flexibility index (Phi) is 2.33. The number of nitrogen functional groups attached to an aromatic ring is 1. The predicted molar refractivity (Wildman–Crippen MR) is 75.3 cm³/mol. The second-order valence-corrected chi connectivity index (χ2v) is 4.56. The zero-order valence-corrected chi connectivity index (χ0v) is 10.5. The van der Waals surface area contributed by atoms with Gasteiger partial charge in [-0.1, -0.05) is 24.3 Å². The summed E-state index contributed by atoms with van der Waals surface area (Å²) in [6.07, 6.45) is 0. The van der Waals surface area contributed by atoms with Crippen LogP contribution in [-0.2, 0) is 7.05 Å². The lowest BCUT2D eigenvalue weighted by molar-refractivity contribution is 0.959. The maximum absolute atomic E-state index is 5.83. The molecule has 0 radical (unpaired) electrons. The molecule has 3 heteroatoms. The summed E-state index contributed by atoms with van der Waals surface area (Å²) >= 11 is 0. The molecule has 1 heterocycles. The lowest BCUT2D eigenvalue weighted by Gasteiger charge is -2.03. The summed E-state index contributed by atoms with van der Waals surface area (Å²) < 4.78 is 2.11. The van der Waals surface area contributed by atoms with E-state index in [0.717, 1.165) is 28.1 Å². The Morgan fingerprint density at radius 3 is 2.61 bits per heavy atom. The van der Waals surface area contributed by atoms with Crippen LogP contribution in [0.3, 0.4) is 0 Å². The van der Waals surface area contributed by atoms with Crippen molar-refractivity contribution < 1.29 is 0 Å². The largest absolute Gasteiger partial charge is 0.399 e. The number of rotatable bonds is 1. The van der Waals surface area contributed by atoms with E-state index in [-0.39, 0.29) is 0 Å². The van der Waals surface area contributed by atoms with Crippen molar-refractivity contribution in [3.63, 3.8) is 0 Å². The summed E-state index contributed by atoms with van der Waals surface area (Å²) in [6, 6.07) is 14.1. The SMILES string of the molecule is Cc1cccc2c1nc(-c1cccc(N)c1)n2C. The Morgan fingerprint density at radius 2 is 1.89 bits per heavy atom. The minimum absolute atomic E-state index is 0.760. The number of nitrogens with two attached hydrogens (primary N) is 1. The first kappa shape index (κ1) is 10.8. The lowest BCUT2D eigenvalue weighted by Crippen LogP contribution is -1.93. The van der Waals surface area contributed by atoms with Gasteiger partial charge in [-0.25, -0.2) is 4.98 Å². The van der Waals surface area contributed by atoms with E-state index in [1.165, 1.54) is 5.56 Å². The zero-order valence-electron chi connectivity index (χ0n) is 10.5. The molecule has 0 aliphatic carbocycles. The summed E-state index contributed by atoms with van der Waals surface area (Å²) in [5.74, 6) is 0.951. The Labute approximate surface area is 106 Å². The minimum Gasteiger partial charge on any atom is -0.399 e. The van der Waals surface area contributed by atoms with Crippen LogP contribution in [0.15, 0.2) is 42.5 Å². The maximum atomic E-state index is 5.83. The molecule has 3 aromatic rings. The standard InChI is InChI=1S/C15H15N3/c1-10-5-3-8-13-14(10)17-15(18(13)2)11-6-4-7-12(16)9-11/h3-9H,16H2,1-2H3. The number of benzene rings is 2. The van der Waals surface area contributed by atoms with Gasteiger partial charge in [0.2, 0.25) is 0 Å². The van der Waals surface area contributed by atoms with Crippen molar-refractivity contribution in [1.82, 2.24) is 9.55 Å². The highest BCUT2D eigenvalue weighted by Crippen LogP contribution is 2.26. The van der Waals surface area contributed by atoms with Crippen LogP contribution in [0.2, 0.25) is 0 Å². The summed E-state index contributed by atoms with van der Waals surface area (Å²) in [4.78, 5) is 4.73. The van der Waals surface area contributed by atoms with Crippen molar-refractivity contribution in [2.24, 2.45) is 7.05 Å². The minimum atomic E-state index is 0.760. The Balaban J connectivity index is 2.30. The van der Waals surface area contributed by atoms with Gasteiger partial charge >= 0.3 is 0 Å². The van der Waals surface area contributed by atoms with E-state index in [1.807, 2.05) is 31.3 Å². The number of anilines is 1. The second kappa shape index (κ2) is 3.88. The summed E-state index contributed by atoms with van der Waals surface area (Å²) in [5, 5.41) is 0. The van der Waals surface area contributed by atoms with Crippen molar-refractivity contribution in [2.45, 2.75) is 6.92 Å². The van der Waals surface area contributed by atoms with Gasteiger partial charge in [-0.2, -0.15) is 0 Å². The monoisotopic (exact) mass is 237 g/mol. The summed E-state index contributed by atoms with van der Waals surface area (Å²) in [6.45, 7) is 2.08. The highest BCUT2D eigenvalue weighted by Gasteiger charge is 2.10. The van der Waals surface area contributed by atoms with Crippen LogP contribution in [0.4, 0.5) is 5.69 Å². The molecular weight excluding hydrogens is 222 g/mol. The fourth-order valence-electron chi connectivity index (χ4n) is 2.29. The first-order chi connectivity index (χ1) is 8.66. The molecule has 0 saturated carbocycles. The van der Waals surface area contributed by atoms with E-state index in [9.17, 15) is 0 Å². The van der Waals surface area contributed by atoms with Crippen molar-refractivity contribution >= 4 is 16.7 Å². The van der Waals surface area contributed by atoms with E-state index in [4.69, 9.17) is 10.7 Å². The number of fused-ring (bicyclic) bond motifs is 1. The molecule has 3 rings (SSSR count). The maximum Gasteiger partial charge on any atom is 0.140 e. The number of aryl methyl sites for hydroxylation is 2. The first-order valence-corrected chi connectivity index (χ1v) is 5.95. The molecule has 0 aliphatic rings. The molecule has 0 bridgehead atoms. The van der Waals surface area contributed by atoms with E-state index >= 15 is 0 Å². The van der Waals surface area contributed by atoms with E-state index in [0.29, 0.717) is 0 Å². The molecule has 18 heavy (non-hydrogen) atoms. The van der Waals surface area contributed by atoms with Gasteiger partial charge in [0, 0.05) is 18.3 Å². The van der Waals surface area contributed by atoms with Gasteiger partial charge in [-0.15, -0.1) is 0 Å². The number of hydrogen-bond donors (Lipinski definition) is 1. The molecule has 0 saturated heterocycles. The van der Waals surface area contributed by atoms with Crippen LogP contribution in [0.1, 0.15) is 5.56 Å². The van der Waals surface area contributed by atoms with Crippen LogP contribution < -0.4 is 5.73 Å². The molecule has 0 spiro atoms. The molecule has 2 aromatic carbocycles. The van der Waals surface area contributed by atoms with E-state index < -0.39 is 0 Å². The Morgan fingerprint density at radius 1 is 1.11 bits per heavy atom. The van der Waals surface area contributed by atoms with Crippen LogP contribution in [0.25, 0.3) is 22.4 Å². The number of hydrogen-bond acceptors (Lipinski definition) is 2. The summed E-state index contributed by atoms with van der Waals surface area (Å²) in [5.41, 5.74) is 11.0. The quantitative estimate of drug-likeness (QED) is 0.661. The van der Waals surface area contributed by atoms with Crippen LogP contribution in [0, 0.1) is 6.92 Å². The van der Waals surface area contributed by atoms with Crippen molar-refractivity contribution in [1.29, 1.82) is 0 Å². The van der Waals surface area contributed by atoms with Gasteiger partial charge < -0.3 is 10.3 Å². The smallest absolute Gasteiger partial charge is 0.140 e. The molecule has 0 unspecified atom stereocenters. The van der Waals surface area contributed by atoms with Crippen molar-refractivity contribution in [3.8, 4) is 11.4 Å². The fourth-order valence-corrected chi connectivity index (χ4v) is 2.29.